The van der Waals surface area contributed by atoms with Crippen LogP contribution in [0.1, 0.15) is 120 Å². The lowest BCUT2D eigenvalue weighted by Crippen LogP contribution is -2.27. The molecule has 82 heavy (non-hydrogen) atoms. The van der Waals surface area contributed by atoms with Gasteiger partial charge < -0.3 is 14.2 Å². The zero-order valence-corrected chi connectivity index (χ0v) is 46.8. The molecule has 0 radical (unpaired) electrons. The minimum Gasteiger partial charge on any atom is -0.465 e. The van der Waals surface area contributed by atoms with E-state index in [0.29, 0.717) is 59.1 Å². The molecule has 2 aliphatic rings. The van der Waals surface area contributed by atoms with E-state index in [0.717, 1.165) is 32.8 Å². The average Bonchev–Trinajstić information content (AvgIpc) is 4.00. The highest BCUT2D eigenvalue weighted by molar-refractivity contribution is 6.39. The Hall–Kier alpha value is -9.17. The zero-order chi connectivity index (χ0) is 65.4. The lowest BCUT2D eigenvalue weighted by molar-refractivity contribution is -0.152. The SMILES string of the molecule is C/C=C(/C#N)C(C)=O.C/C=C(/C(=O)OC)C(F)(F)F.CC.CC.CC=C1C(=O)c2ccccc2C1=O.COC(=O)/C(=C(/C)C(F)(F)F)C(F)(F)F.COC(=O)/C(C#N)=C(/C)C(F)(F)F.[C-]#[N+]/C(C#N)=C1\C(=C(C)C)C(=O)c2ccccc21. The normalized spacial score (nSPS) is 13.4. The highest BCUT2D eigenvalue weighted by Crippen LogP contribution is 2.41. The van der Waals surface area contributed by atoms with Crippen LogP contribution in [0.15, 0.2) is 123 Å². The maximum absolute atomic E-state index is 12.3. The summed E-state index contributed by atoms with van der Waals surface area (Å²) in [5.41, 5.74) is -3.31. The van der Waals surface area contributed by atoms with Gasteiger partial charge >= 0.3 is 42.6 Å². The number of esters is 3. The van der Waals surface area contributed by atoms with Crippen LogP contribution in [-0.4, -0.2) is 87.1 Å². The van der Waals surface area contributed by atoms with Crippen LogP contribution in [0.5, 0.6) is 0 Å². The summed E-state index contributed by atoms with van der Waals surface area (Å²) >= 11 is 0. The van der Waals surface area contributed by atoms with Gasteiger partial charge in [0.15, 0.2) is 23.1 Å². The van der Waals surface area contributed by atoms with Crippen molar-refractivity contribution in [2.75, 3.05) is 21.3 Å². The summed E-state index contributed by atoms with van der Waals surface area (Å²) in [7, 11) is 2.37. The second-order valence-corrected chi connectivity index (χ2v) is 14.8. The Bertz CT molecular complexity index is 3010. The standard InChI is InChI=1S/C15H10N2O.C11H8O2.C7H6F6O2.C7H6F3NO2.C6H7F3O2.C6H7NO.2C2H6/c1-9(2)13-14(12(8-16)17-3)10-6-4-5-7-11(10)15(13)18;1-2-7-10(12)8-5-3-4-6-9(8)11(7)13;1-3(6(8,9)10)4(5(14)15-2)7(11,12)13;1-4(7(8,9)10)5(3-11)6(12)13-2;1-3-4(5(10)11-2)6(7,8)9;1-3-6(4-7)5(2)8;2*1-2/h4-7H,1-2H3;2-6H,1H3;1-2H3;1-2H3;3H,1-2H3;3H,1-2H3;2*1-2H3/b14-12-;;4-3+;5-4-;4-3-;6-3-;;. The minimum atomic E-state index is -5.40. The molecule has 0 saturated heterocycles. The van der Waals surface area contributed by atoms with Crippen molar-refractivity contribution in [2.24, 2.45) is 0 Å². The van der Waals surface area contributed by atoms with Crippen molar-refractivity contribution < 1.29 is 100 Å². The number of halogens is 12. The molecule has 0 saturated carbocycles. The van der Waals surface area contributed by atoms with Crippen LogP contribution in [0.25, 0.3) is 10.4 Å². The van der Waals surface area contributed by atoms with Gasteiger partial charge in [-0.05, 0) is 61.0 Å². The Kier molecular flexibility index (Phi) is 35.7. The second kappa shape index (κ2) is 36.9. The third-order valence-corrected chi connectivity index (χ3v) is 9.63. The number of alkyl halides is 12. The lowest BCUT2D eigenvalue weighted by atomic mass is 10.00. The van der Waals surface area contributed by atoms with Crippen LogP contribution < -0.4 is 0 Å². The molecule has 14 nitrogen and oxygen atoms in total. The van der Waals surface area contributed by atoms with Crippen molar-refractivity contribution in [3.05, 3.63) is 156 Å². The summed E-state index contributed by atoms with van der Waals surface area (Å²) in [6.07, 6.45) is -16.2. The Labute approximate surface area is 465 Å². The molecule has 444 valence electrons. The highest BCUT2D eigenvalue weighted by atomic mass is 19.4. The quantitative estimate of drug-likeness (QED) is 0.0529. The van der Waals surface area contributed by atoms with E-state index in [1.54, 1.807) is 74.5 Å². The first-order valence-corrected chi connectivity index (χ1v) is 23.2. The summed E-state index contributed by atoms with van der Waals surface area (Å²) in [6, 6.07) is 18.8. The fourth-order valence-electron chi connectivity index (χ4n) is 5.78. The fourth-order valence-corrected chi connectivity index (χ4v) is 5.78. The number of fused-ring (bicyclic) bond motifs is 2. The van der Waals surface area contributed by atoms with E-state index in [1.165, 1.54) is 13.0 Å². The van der Waals surface area contributed by atoms with Crippen LogP contribution in [0.2, 0.25) is 0 Å². The van der Waals surface area contributed by atoms with E-state index in [1.807, 2.05) is 47.6 Å². The van der Waals surface area contributed by atoms with E-state index in [-0.39, 0.29) is 41.3 Å². The number of methoxy groups -OCH3 is 3. The number of carbonyl (C=O) groups is 7. The number of Topliss-reactive ketones (excluding diaryl/α,β-unsaturated/α-hetero) is 4. The van der Waals surface area contributed by atoms with Crippen LogP contribution in [-0.2, 0) is 33.4 Å². The number of nitrogens with zero attached hydrogens (tertiary/aromatic N) is 4. The van der Waals surface area contributed by atoms with Crippen molar-refractivity contribution in [1.82, 2.24) is 0 Å². The number of ether oxygens (including phenoxy) is 3. The first-order chi connectivity index (χ1) is 37.9. The van der Waals surface area contributed by atoms with E-state index in [2.05, 4.69) is 19.1 Å². The van der Waals surface area contributed by atoms with Crippen LogP contribution in [0.4, 0.5) is 52.7 Å². The van der Waals surface area contributed by atoms with Crippen molar-refractivity contribution >= 4 is 46.6 Å². The summed E-state index contributed by atoms with van der Waals surface area (Å²) in [5, 5.41) is 25.5. The van der Waals surface area contributed by atoms with Crippen LogP contribution >= 0.6 is 0 Å². The number of hydrogen-bond acceptors (Lipinski definition) is 13. The smallest absolute Gasteiger partial charge is 0.423 e. The van der Waals surface area contributed by atoms with Gasteiger partial charge in [-0.1, -0.05) is 100 Å². The molecule has 0 aliphatic heterocycles. The van der Waals surface area contributed by atoms with Gasteiger partial charge in [-0.3, -0.25) is 19.2 Å². The topological polar surface area (TPSA) is 223 Å². The number of nitriles is 3. The molecule has 26 heteroatoms. The van der Waals surface area contributed by atoms with Gasteiger partial charge in [-0.2, -0.15) is 63.2 Å². The van der Waals surface area contributed by atoms with Gasteiger partial charge in [0.25, 0.3) is 5.70 Å². The Morgan fingerprint density at radius 2 is 0.915 bits per heavy atom. The monoisotopic (exact) mass is 1170 g/mol. The lowest BCUT2D eigenvalue weighted by Gasteiger charge is -2.15. The maximum Gasteiger partial charge on any atom is 0.423 e. The van der Waals surface area contributed by atoms with Gasteiger partial charge in [0.1, 0.15) is 28.9 Å². The number of ketones is 4. The fraction of sp³-hybridized carbons (Fsp3) is 0.339. The molecule has 0 heterocycles. The molecule has 0 fully saturated rings. The van der Waals surface area contributed by atoms with Crippen molar-refractivity contribution in [3.8, 4) is 18.2 Å². The first-order valence-electron chi connectivity index (χ1n) is 23.2. The molecular weight excluding hydrogens is 1120 g/mol. The minimum absolute atomic E-state index is 0.0236. The maximum atomic E-state index is 12.3. The predicted molar refractivity (Wildman–Crippen MR) is 275 cm³/mol. The molecule has 2 aromatic rings. The van der Waals surface area contributed by atoms with E-state index >= 15 is 0 Å². The molecule has 0 unspecified atom stereocenters. The van der Waals surface area contributed by atoms with Crippen molar-refractivity contribution in [3.63, 3.8) is 0 Å². The molecule has 0 atom stereocenters. The van der Waals surface area contributed by atoms with Crippen LogP contribution in [0, 0.1) is 40.6 Å². The molecule has 0 aromatic heterocycles. The molecule has 2 aromatic carbocycles. The Balaban J connectivity index is -0.000000446. The number of hydrogen-bond donors (Lipinski definition) is 0. The number of carbonyl (C=O) groups excluding carboxylic acids is 7. The number of benzene rings is 2. The second-order valence-electron chi connectivity index (χ2n) is 14.8. The Morgan fingerprint density at radius 3 is 1.15 bits per heavy atom. The molecule has 4 rings (SSSR count). The van der Waals surface area contributed by atoms with Gasteiger partial charge in [-0.25, -0.2) is 24.5 Å². The summed E-state index contributed by atoms with van der Waals surface area (Å²) in [6.45, 7) is 25.4. The largest absolute Gasteiger partial charge is 0.465 e. The predicted octanol–water partition coefficient (Wildman–Crippen LogP) is 14.3. The highest BCUT2D eigenvalue weighted by Gasteiger charge is 2.47. The molecule has 0 bridgehead atoms. The van der Waals surface area contributed by atoms with E-state index in [9.17, 15) is 86.2 Å². The molecule has 2 aliphatic carbocycles. The number of allylic oxidation sites excluding steroid dienone is 11. The Morgan fingerprint density at radius 1 is 0.524 bits per heavy atom. The van der Waals surface area contributed by atoms with Gasteiger partial charge in [0.2, 0.25) is 0 Å². The summed E-state index contributed by atoms with van der Waals surface area (Å²) in [4.78, 5) is 80.5. The van der Waals surface area contributed by atoms with Crippen LogP contribution in [0.3, 0.4) is 0 Å². The molecular formula is C56H56F12N4O10. The molecule has 0 amide bonds. The third-order valence-electron chi connectivity index (χ3n) is 9.63. The van der Waals surface area contributed by atoms with Gasteiger partial charge in [-0.15, -0.1) is 0 Å². The zero-order valence-electron chi connectivity index (χ0n) is 46.8. The number of rotatable bonds is 4. The summed E-state index contributed by atoms with van der Waals surface area (Å²) < 4.78 is 155. The summed E-state index contributed by atoms with van der Waals surface area (Å²) in [5.74, 6) is -5.27. The van der Waals surface area contributed by atoms with E-state index in [4.69, 9.17) is 22.4 Å². The third kappa shape index (κ3) is 23.7. The molecule has 0 N–H and O–H groups in total. The first kappa shape index (κ1) is 79.3. The van der Waals surface area contributed by atoms with Gasteiger partial charge in [0, 0.05) is 33.4 Å². The molecule has 0 spiro atoms. The van der Waals surface area contributed by atoms with Crippen molar-refractivity contribution in [1.29, 1.82) is 15.8 Å². The van der Waals surface area contributed by atoms with Gasteiger partial charge in [0.05, 0.1) is 50.7 Å². The van der Waals surface area contributed by atoms with Crippen molar-refractivity contribution in [2.45, 2.75) is 108 Å². The van der Waals surface area contributed by atoms with E-state index < -0.39 is 70.5 Å². The average molecular weight is 1170 g/mol.